The van der Waals surface area contributed by atoms with Gasteiger partial charge in [-0.3, -0.25) is 0 Å². The summed E-state index contributed by atoms with van der Waals surface area (Å²) in [6.45, 7) is 4.39. The number of anilines is 3. The Labute approximate surface area is 172 Å². The van der Waals surface area contributed by atoms with Crippen LogP contribution in [0.2, 0.25) is 0 Å². The summed E-state index contributed by atoms with van der Waals surface area (Å²) < 4.78 is 26.0. The zero-order chi connectivity index (χ0) is 21.3. The van der Waals surface area contributed by atoms with Crippen molar-refractivity contribution in [2.75, 3.05) is 24.3 Å². The molecule has 30 heavy (non-hydrogen) atoms. The number of nitrogens with two attached hydrogens (primary N) is 1. The second-order valence-corrected chi connectivity index (χ2v) is 6.58. The number of carbonyl (C=O) groups excluding carboxylic acids is 1. The molecule has 2 aromatic heterocycles. The number of nitrogen functional groups attached to an aromatic ring is 1. The van der Waals surface area contributed by atoms with Crippen LogP contribution in [-0.2, 0) is 4.74 Å². The Morgan fingerprint density at radius 2 is 1.87 bits per heavy atom. The van der Waals surface area contributed by atoms with Crippen LogP contribution in [-0.4, -0.2) is 28.8 Å². The number of nitrogens with one attached hydrogen (secondary N) is 1. The van der Waals surface area contributed by atoms with E-state index in [0.29, 0.717) is 28.7 Å². The molecular formula is C22H21FN4O3. The average molecular weight is 408 g/mol. The third-order valence-electron chi connectivity index (χ3n) is 4.64. The fourth-order valence-corrected chi connectivity index (χ4v) is 3.38. The lowest BCUT2D eigenvalue weighted by molar-refractivity contribution is 0.0529. The fourth-order valence-electron chi connectivity index (χ4n) is 3.38. The highest BCUT2D eigenvalue weighted by molar-refractivity contribution is 6.12. The molecule has 4 aromatic rings. The van der Waals surface area contributed by atoms with E-state index in [1.165, 1.54) is 16.6 Å². The third kappa shape index (κ3) is 3.47. The molecule has 0 bridgehead atoms. The lowest BCUT2D eigenvalue weighted by Crippen LogP contribution is -2.13. The van der Waals surface area contributed by atoms with Crippen molar-refractivity contribution in [3.8, 4) is 5.75 Å². The number of benzene rings is 2. The first-order chi connectivity index (χ1) is 14.5. The van der Waals surface area contributed by atoms with Gasteiger partial charge in [-0.05, 0) is 56.3 Å². The second kappa shape index (κ2) is 7.90. The molecule has 0 aliphatic carbocycles. The molecule has 0 fully saturated rings. The molecule has 2 heterocycles. The molecule has 0 saturated heterocycles. The Hall–Kier alpha value is -3.81. The Morgan fingerprint density at radius 1 is 1.10 bits per heavy atom. The van der Waals surface area contributed by atoms with Gasteiger partial charge in [0.15, 0.2) is 5.82 Å². The predicted octanol–water partition coefficient (Wildman–Crippen LogP) is 4.53. The summed E-state index contributed by atoms with van der Waals surface area (Å²) in [7, 11) is 0. The number of carbonyl (C=O) groups is 1. The van der Waals surface area contributed by atoms with Crippen LogP contribution in [0.4, 0.5) is 21.7 Å². The predicted molar refractivity (Wildman–Crippen MR) is 114 cm³/mol. The van der Waals surface area contributed by atoms with Gasteiger partial charge in [0, 0.05) is 22.5 Å². The summed E-state index contributed by atoms with van der Waals surface area (Å²) in [5.41, 5.74) is 7.80. The lowest BCUT2D eigenvalue weighted by atomic mass is 10.0. The summed E-state index contributed by atoms with van der Waals surface area (Å²) >= 11 is 0. The van der Waals surface area contributed by atoms with E-state index in [1.54, 1.807) is 19.1 Å². The topological polar surface area (TPSA) is 90.9 Å². The summed E-state index contributed by atoms with van der Waals surface area (Å²) in [5, 5.41) is 8.72. The van der Waals surface area contributed by atoms with E-state index in [-0.39, 0.29) is 18.0 Å². The Kier molecular flexibility index (Phi) is 5.14. The zero-order valence-electron chi connectivity index (χ0n) is 16.6. The Morgan fingerprint density at radius 3 is 2.57 bits per heavy atom. The first-order valence-electron chi connectivity index (χ1n) is 9.59. The van der Waals surface area contributed by atoms with Crippen molar-refractivity contribution in [2.45, 2.75) is 13.8 Å². The molecule has 0 saturated carbocycles. The maximum atomic E-state index is 13.9. The largest absolute Gasteiger partial charge is 0.494 e. The van der Waals surface area contributed by atoms with Gasteiger partial charge < -0.3 is 20.5 Å². The van der Waals surface area contributed by atoms with Gasteiger partial charge in [-0.25, -0.2) is 13.7 Å². The van der Waals surface area contributed by atoms with Crippen molar-refractivity contribution in [3.63, 3.8) is 0 Å². The molecule has 0 atom stereocenters. The van der Waals surface area contributed by atoms with Crippen molar-refractivity contribution < 1.29 is 18.7 Å². The van der Waals surface area contributed by atoms with E-state index in [1.807, 2.05) is 31.2 Å². The maximum absolute atomic E-state index is 13.9. The average Bonchev–Trinajstić information content (AvgIpc) is 3.14. The van der Waals surface area contributed by atoms with Crippen LogP contribution < -0.4 is 15.8 Å². The molecule has 0 spiro atoms. The number of esters is 1. The van der Waals surface area contributed by atoms with E-state index < -0.39 is 11.8 Å². The molecule has 0 amide bonds. The van der Waals surface area contributed by atoms with E-state index in [2.05, 4.69) is 10.4 Å². The van der Waals surface area contributed by atoms with Crippen LogP contribution in [0.15, 0.2) is 48.5 Å². The van der Waals surface area contributed by atoms with E-state index in [4.69, 9.17) is 15.2 Å². The number of rotatable bonds is 6. The highest BCUT2D eigenvalue weighted by atomic mass is 19.1. The first kappa shape index (κ1) is 19.5. The Balaban J connectivity index is 1.82. The minimum atomic E-state index is -0.621. The standard InChI is InChI=1S/C22H21FN4O3/c1-3-29-15-8-6-14(7-9-15)25-19-12-18-16-10-5-13(23)11-17(16)20(22(28)30-4-2)21(24)27(18)26-19/h5-12H,3-4,24H2,1-2H3,(H,25,26). The minimum Gasteiger partial charge on any atom is -0.494 e. The fraction of sp³-hybridized carbons (Fsp3) is 0.182. The molecule has 3 N–H and O–H groups in total. The van der Waals surface area contributed by atoms with Crippen LogP contribution >= 0.6 is 0 Å². The molecule has 0 radical (unpaired) electrons. The van der Waals surface area contributed by atoms with Crippen LogP contribution in [0.25, 0.3) is 16.3 Å². The molecule has 8 heteroatoms. The number of aromatic nitrogens is 2. The van der Waals surface area contributed by atoms with Crippen LogP contribution in [0.1, 0.15) is 24.2 Å². The number of ether oxygens (including phenoxy) is 2. The quantitative estimate of drug-likeness (QED) is 0.456. The first-order valence-corrected chi connectivity index (χ1v) is 9.59. The highest BCUT2D eigenvalue weighted by Crippen LogP contribution is 2.32. The number of pyridine rings is 1. The summed E-state index contributed by atoms with van der Waals surface area (Å²) in [6.07, 6.45) is 0. The monoisotopic (exact) mass is 408 g/mol. The van der Waals surface area contributed by atoms with E-state index in [9.17, 15) is 9.18 Å². The Bertz CT molecular complexity index is 1240. The summed E-state index contributed by atoms with van der Waals surface area (Å²) in [6, 6.07) is 13.5. The summed E-state index contributed by atoms with van der Waals surface area (Å²) in [5.74, 6) is 0.293. The van der Waals surface area contributed by atoms with E-state index in [0.717, 1.165) is 11.4 Å². The van der Waals surface area contributed by atoms with Gasteiger partial charge in [-0.15, -0.1) is 5.10 Å². The van der Waals surface area contributed by atoms with Crippen molar-refractivity contribution in [3.05, 3.63) is 59.9 Å². The maximum Gasteiger partial charge on any atom is 0.342 e. The molecule has 7 nitrogen and oxygen atoms in total. The lowest BCUT2D eigenvalue weighted by Gasteiger charge is -2.11. The second-order valence-electron chi connectivity index (χ2n) is 6.58. The summed E-state index contributed by atoms with van der Waals surface area (Å²) in [4.78, 5) is 12.5. The van der Waals surface area contributed by atoms with Gasteiger partial charge in [-0.1, -0.05) is 0 Å². The molecule has 0 aliphatic heterocycles. The van der Waals surface area contributed by atoms with Crippen molar-refractivity contribution >= 4 is 39.6 Å². The molecule has 2 aromatic carbocycles. The SMILES string of the molecule is CCOC(=O)c1c(N)n2nc(Nc3ccc(OCC)cc3)cc2c2ccc(F)cc12. The van der Waals surface area contributed by atoms with Crippen molar-refractivity contribution in [2.24, 2.45) is 0 Å². The molecule has 4 rings (SSSR count). The molecule has 0 unspecified atom stereocenters. The van der Waals surface area contributed by atoms with Crippen LogP contribution in [0.5, 0.6) is 5.75 Å². The smallest absolute Gasteiger partial charge is 0.342 e. The minimum absolute atomic E-state index is 0.0845. The van der Waals surface area contributed by atoms with Gasteiger partial charge in [0.25, 0.3) is 0 Å². The third-order valence-corrected chi connectivity index (χ3v) is 4.64. The van der Waals surface area contributed by atoms with Crippen LogP contribution in [0, 0.1) is 5.82 Å². The highest BCUT2D eigenvalue weighted by Gasteiger charge is 2.21. The van der Waals surface area contributed by atoms with Gasteiger partial charge in [0.05, 0.1) is 18.7 Å². The number of hydrogen-bond donors (Lipinski definition) is 2. The van der Waals surface area contributed by atoms with Gasteiger partial charge in [-0.2, -0.15) is 0 Å². The van der Waals surface area contributed by atoms with Crippen molar-refractivity contribution in [1.29, 1.82) is 0 Å². The zero-order valence-corrected chi connectivity index (χ0v) is 16.6. The molecular weight excluding hydrogens is 387 g/mol. The van der Waals surface area contributed by atoms with Gasteiger partial charge in [0.1, 0.15) is 22.9 Å². The number of nitrogens with zero attached hydrogens (tertiary/aromatic N) is 2. The normalized spacial score (nSPS) is 11.0. The molecule has 154 valence electrons. The number of hydrogen-bond acceptors (Lipinski definition) is 6. The van der Waals surface area contributed by atoms with Crippen LogP contribution in [0.3, 0.4) is 0 Å². The van der Waals surface area contributed by atoms with Crippen molar-refractivity contribution in [1.82, 2.24) is 9.61 Å². The number of fused-ring (bicyclic) bond motifs is 3. The molecule has 0 aliphatic rings. The van der Waals surface area contributed by atoms with E-state index >= 15 is 0 Å². The van der Waals surface area contributed by atoms with Gasteiger partial charge >= 0.3 is 5.97 Å². The number of halogens is 1. The van der Waals surface area contributed by atoms with Gasteiger partial charge in [0.2, 0.25) is 0 Å².